The molecule has 2 rings (SSSR count). The number of hydrogen-bond acceptors (Lipinski definition) is 2. The van der Waals surface area contributed by atoms with Crippen molar-refractivity contribution in [1.29, 1.82) is 0 Å². The molecule has 0 aliphatic heterocycles. The minimum atomic E-state index is 0.771. The van der Waals surface area contributed by atoms with Crippen molar-refractivity contribution in [2.24, 2.45) is 0 Å². The monoisotopic (exact) mass is 202 g/mol. The van der Waals surface area contributed by atoms with Gasteiger partial charge in [-0.2, -0.15) is 0 Å². The fourth-order valence-corrected chi connectivity index (χ4v) is 2.02. The maximum Gasteiger partial charge on any atom is 0.150 e. The van der Waals surface area contributed by atoms with E-state index in [1.165, 1.54) is 0 Å². The van der Waals surface area contributed by atoms with Crippen molar-refractivity contribution in [2.45, 2.75) is 4.90 Å². The normalized spacial score (nSPS) is 10.4. The highest BCUT2D eigenvalue weighted by molar-refractivity contribution is 7.98. The van der Waals surface area contributed by atoms with Crippen molar-refractivity contribution < 1.29 is 4.79 Å². The van der Waals surface area contributed by atoms with Gasteiger partial charge >= 0.3 is 0 Å². The Morgan fingerprint density at radius 1 is 1.21 bits per heavy atom. The van der Waals surface area contributed by atoms with Gasteiger partial charge in [0.25, 0.3) is 0 Å². The molecule has 1 nitrogen and oxygen atoms in total. The first kappa shape index (κ1) is 9.28. The van der Waals surface area contributed by atoms with E-state index >= 15 is 0 Å². The molecule has 0 saturated heterocycles. The number of benzene rings is 2. The topological polar surface area (TPSA) is 17.1 Å². The van der Waals surface area contributed by atoms with E-state index < -0.39 is 0 Å². The quantitative estimate of drug-likeness (QED) is 0.548. The van der Waals surface area contributed by atoms with E-state index in [-0.39, 0.29) is 0 Å². The Labute approximate surface area is 87.1 Å². The maximum absolute atomic E-state index is 10.9. The lowest BCUT2D eigenvalue weighted by Crippen LogP contribution is -1.84. The number of carbonyl (C=O) groups excluding carboxylic acids is 1. The summed E-state index contributed by atoms with van der Waals surface area (Å²) < 4.78 is 0. The first-order chi connectivity index (χ1) is 6.85. The van der Waals surface area contributed by atoms with Crippen LogP contribution in [0.3, 0.4) is 0 Å². The van der Waals surface area contributed by atoms with Crippen LogP contribution in [0.5, 0.6) is 0 Å². The second-order valence-corrected chi connectivity index (χ2v) is 3.94. The molecular formula is C12H10OS. The van der Waals surface area contributed by atoms with Crippen molar-refractivity contribution in [3.05, 3.63) is 42.0 Å². The summed E-state index contributed by atoms with van der Waals surface area (Å²) in [4.78, 5) is 12.0. The summed E-state index contributed by atoms with van der Waals surface area (Å²) >= 11 is 1.65. The van der Waals surface area contributed by atoms with Gasteiger partial charge < -0.3 is 0 Å². The zero-order valence-corrected chi connectivity index (χ0v) is 8.67. The Kier molecular flexibility index (Phi) is 2.55. The van der Waals surface area contributed by atoms with Crippen LogP contribution in [-0.4, -0.2) is 12.5 Å². The molecule has 0 amide bonds. The van der Waals surface area contributed by atoms with Gasteiger partial charge in [0.1, 0.15) is 0 Å². The molecule has 0 fully saturated rings. The summed E-state index contributed by atoms with van der Waals surface area (Å²) in [5.74, 6) is 0. The summed E-state index contributed by atoms with van der Waals surface area (Å²) in [6, 6.07) is 12.0. The summed E-state index contributed by atoms with van der Waals surface area (Å²) in [7, 11) is 0. The second-order valence-electron chi connectivity index (χ2n) is 3.06. The number of carbonyl (C=O) groups is 1. The van der Waals surface area contributed by atoms with Gasteiger partial charge in [0.05, 0.1) is 0 Å². The SMILES string of the molecule is CSc1cc(C=O)c2ccccc2c1. The van der Waals surface area contributed by atoms with Crippen molar-refractivity contribution in [3.8, 4) is 0 Å². The Hall–Kier alpha value is -1.28. The van der Waals surface area contributed by atoms with Crippen LogP contribution in [0.15, 0.2) is 41.3 Å². The molecule has 0 atom stereocenters. The number of rotatable bonds is 2. The van der Waals surface area contributed by atoms with E-state index in [9.17, 15) is 4.79 Å². The lowest BCUT2D eigenvalue weighted by Gasteiger charge is -2.03. The van der Waals surface area contributed by atoms with E-state index in [4.69, 9.17) is 0 Å². The Morgan fingerprint density at radius 3 is 2.71 bits per heavy atom. The highest BCUT2D eigenvalue weighted by atomic mass is 32.2. The van der Waals surface area contributed by atoms with Crippen molar-refractivity contribution in [2.75, 3.05) is 6.26 Å². The fraction of sp³-hybridized carbons (Fsp3) is 0.0833. The molecule has 0 spiro atoms. The third-order valence-corrected chi connectivity index (χ3v) is 2.94. The molecule has 0 aromatic heterocycles. The smallest absolute Gasteiger partial charge is 0.150 e. The van der Waals surface area contributed by atoms with Gasteiger partial charge in [-0.05, 0) is 29.2 Å². The molecule has 0 saturated carbocycles. The van der Waals surface area contributed by atoms with E-state index in [1.807, 2.05) is 36.6 Å². The van der Waals surface area contributed by atoms with Crippen molar-refractivity contribution in [1.82, 2.24) is 0 Å². The van der Waals surface area contributed by atoms with Crippen LogP contribution in [0.1, 0.15) is 10.4 Å². The van der Waals surface area contributed by atoms with Crippen LogP contribution in [0.2, 0.25) is 0 Å². The molecule has 70 valence electrons. The number of aldehydes is 1. The molecule has 2 aromatic carbocycles. The Balaban J connectivity index is 2.79. The predicted molar refractivity (Wildman–Crippen MR) is 61.1 cm³/mol. The lowest BCUT2D eigenvalue weighted by molar-refractivity contribution is 0.112. The van der Waals surface area contributed by atoms with Crippen LogP contribution < -0.4 is 0 Å². The number of thioether (sulfide) groups is 1. The first-order valence-corrected chi connectivity index (χ1v) is 5.59. The molecular weight excluding hydrogens is 192 g/mol. The molecule has 0 bridgehead atoms. The van der Waals surface area contributed by atoms with Crippen LogP contribution in [0.25, 0.3) is 10.8 Å². The zero-order valence-electron chi connectivity index (χ0n) is 7.86. The third kappa shape index (κ3) is 1.53. The van der Waals surface area contributed by atoms with Crippen LogP contribution in [0, 0.1) is 0 Å². The van der Waals surface area contributed by atoms with Crippen LogP contribution in [-0.2, 0) is 0 Å². The maximum atomic E-state index is 10.9. The minimum absolute atomic E-state index is 0.771. The van der Waals surface area contributed by atoms with Crippen LogP contribution in [0.4, 0.5) is 0 Å². The summed E-state index contributed by atoms with van der Waals surface area (Å²) in [6.45, 7) is 0. The van der Waals surface area contributed by atoms with Gasteiger partial charge in [0.2, 0.25) is 0 Å². The Morgan fingerprint density at radius 2 is 2.00 bits per heavy atom. The molecule has 0 aliphatic carbocycles. The molecule has 0 heterocycles. The largest absolute Gasteiger partial charge is 0.298 e. The third-order valence-electron chi connectivity index (χ3n) is 2.23. The average molecular weight is 202 g/mol. The molecule has 0 unspecified atom stereocenters. The fourth-order valence-electron chi connectivity index (χ4n) is 1.53. The minimum Gasteiger partial charge on any atom is -0.298 e. The Bertz CT molecular complexity index is 477. The first-order valence-electron chi connectivity index (χ1n) is 4.37. The van der Waals surface area contributed by atoms with Gasteiger partial charge in [-0.15, -0.1) is 11.8 Å². The van der Waals surface area contributed by atoms with E-state index in [0.29, 0.717) is 0 Å². The molecule has 2 aromatic rings. The summed E-state index contributed by atoms with van der Waals surface area (Å²) in [5.41, 5.74) is 0.771. The highest BCUT2D eigenvalue weighted by Gasteiger charge is 2.01. The molecule has 14 heavy (non-hydrogen) atoms. The van der Waals surface area contributed by atoms with Gasteiger partial charge in [0.15, 0.2) is 6.29 Å². The summed E-state index contributed by atoms with van der Waals surface area (Å²) in [6.07, 6.45) is 2.93. The van der Waals surface area contributed by atoms with E-state index in [2.05, 4.69) is 6.07 Å². The molecule has 2 heteroatoms. The van der Waals surface area contributed by atoms with Crippen LogP contribution >= 0.6 is 11.8 Å². The molecule has 0 radical (unpaired) electrons. The predicted octanol–water partition coefficient (Wildman–Crippen LogP) is 3.37. The van der Waals surface area contributed by atoms with Gasteiger partial charge in [-0.25, -0.2) is 0 Å². The van der Waals surface area contributed by atoms with Gasteiger partial charge in [0, 0.05) is 10.5 Å². The van der Waals surface area contributed by atoms with E-state index in [1.54, 1.807) is 11.8 Å². The summed E-state index contributed by atoms with van der Waals surface area (Å²) in [5, 5.41) is 2.15. The van der Waals surface area contributed by atoms with Crippen molar-refractivity contribution >= 4 is 28.8 Å². The number of fused-ring (bicyclic) bond motifs is 1. The molecule has 0 N–H and O–H groups in total. The van der Waals surface area contributed by atoms with Crippen molar-refractivity contribution in [3.63, 3.8) is 0 Å². The van der Waals surface area contributed by atoms with Gasteiger partial charge in [-0.1, -0.05) is 24.3 Å². The zero-order chi connectivity index (χ0) is 9.97. The molecule has 0 aliphatic rings. The highest BCUT2D eigenvalue weighted by Crippen LogP contribution is 2.24. The lowest BCUT2D eigenvalue weighted by atomic mass is 10.1. The number of hydrogen-bond donors (Lipinski definition) is 0. The van der Waals surface area contributed by atoms with E-state index in [0.717, 1.165) is 27.5 Å². The van der Waals surface area contributed by atoms with Gasteiger partial charge in [-0.3, -0.25) is 4.79 Å². The standard InChI is InChI=1S/C12H10OS/c1-14-11-6-9-4-2-3-5-12(9)10(7-11)8-13/h2-8H,1H3. The second kappa shape index (κ2) is 3.84. The average Bonchev–Trinajstić information content (AvgIpc) is 2.27.